The van der Waals surface area contributed by atoms with Gasteiger partial charge in [-0.15, -0.1) is 0 Å². The van der Waals surface area contributed by atoms with Gasteiger partial charge >= 0.3 is 5.97 Å². The Kier molecular flexibility index (Phi) is 6.86. The summed E-state index contributed by atoms with van der Waals surface area (Å²) in [5, 5.41) is 12.3. The van der Waals surface area contributed by atoms with E-state index in [1.165, 1.54) is 13.2 Å². The Hall–Kier alpha value is -2.73. The summed E-state index contributed by atoms with van der Waals surface area (Å²) < 4.78 is 10.7. The molecule has 2 rings (SSSR count). The molecule has 6 nitrogen and oxygen atoms in total. The molecule has 1 amide bonds. The molecule has 26 heavy (non-hydrogen) atoms. The summed E-state index contributed by atoms with van der Waals surface area (Å²) >= 11 is 6.21. The van der Waals surface area contributed by atoms with Gasteiger partial charge in [-0.25, -0.2) is 4.79 Å². The van der Waals surface area contributed by atoms with Gasteiger partial charge in [0.05, 0.1) is 30.7 Å². The van der Waals surface area contributed by atoms with Gasteiger partial charge in [0.25, 0.3) is 0 Å². The molecule has 0 saturated carbocycles. The summed E-state index contributed by atoms with van der Waals surface area (Å²) in [6.07, 6.45) is -0.0234. The summed E-state index contributed by atoms with van der Waals surface area (Å²) in [6.45, 7) is 2.53. The standard InChI is InChI=1S/C19H20ClNO5/c1-3-26-18-15(20)8-12(9-16(18)25-2)11-21-17(22)10-13-6-4-5-7-14(13)19(23)24/h4-9H,3,10-11H2,1-2H3,(H,21,22)(H,23,24). The number of hydrogen-bond donors (Lipinski definition) is 2. The lowest BCUT2D eigenvalue weighted by Crippen LogP contribution is -2.25. The van der Waals surface area contributed by atoms with Crippen LogP contribution in [0.5, 0.6) is 11.5 Å². The topological polar surface area (TPSA) is 84.9 Å². The van der Waals surface area contributed by atoms with E-state index >= 15 is 0 Å². The van der Waals surface area contributed by atoms with Gasteiger partial charge in [0.1, 0.15) is 0 Å². The number of carbonyl (C=O) groups is 2. The molecule has 0 heterocycles. The molecule has 0 atom stereocenters. The summed E-state index contributed by atoms with van der Waals surface area (Å²) in [5.74, 6) is -0.402. The molecule has 138 valence electrons. The van der Waals surface area contributed by atoms with Gasteiger partial charge < -0.3 is 19.9 Å². The molecule has 0 bridgehead atoms. The number of carboxylic acid groups (broad SMARTS) is 1. The molecule has 0 unspecified atom stereocenters. The maximum absolute atomic E-state index is 12.2. The molecule has 2 N–H and O–H groups in total. The Morgan fingerprint density at radius 2 is 1.96 bits per heavy atom. The Labute approximate surface area is 156 Å². The smallest absolute Gasteiger partial charge is 0.335 e. The first-order valence-corrected chi connectivity index (χ1v) is 8.41. The first-order valence-electron chi connectivity index (χ1n) is 8.03. The van der Waals surface area contributed by atoms with Crippen molar-refractivity contribution in [1.29, 1.82) is 0 Å². The number of amides is 1. The van der Waals surface area contributed by atoms with Gasteiger partial charge in [-0.3, -0.25) is 4.79 Å². The molecule has 0 spiro atoms. The van der Waals surface area contributed by atoms with E-state index in [-0.39, 0.29) is 24.4 Å². The molecule has 0 aliphatic carbocycles. The Bertz CT molecular complexity index is 807. The van der Waals surface area contributed by atoms with E-state index in [0.717, 1.165) is 5.56 Å². The van der Waals surface area contributed by atoms with Crippen LogP contribution in [-0.2, 0) is 17.8 Å². The second-order valence-electron chi connectivity index (χ2n) is 5.46. The number of carboxylic acids is 1. The van der Waals surface area contributed by atoms with Crippen molar-refractivity contribution in [3.63, 3.8) is 0 Å². The average molecular weight is 378 g/mol. The van der Waals surface area contributed by atoms with Gasteiger partial charge in [0.2, 0.25) is 5.91 Å². The number of nitrogens with one attached hydrogen (secondary N) is 1. The van der Waals surface area contributed by atoms with E-state index in [9.17, 15) is 14.7 Å². The van der Waals surface area contributed by atoms with E-state index in [4.69, 9.17) is 21.1 Å². The van der Waals surface area contributed by atoms with Crippen LogP contribution in [0.25, 0.3) is 0 Å². The Morgan fingerprint density at radius 3 is 2.62 bits per heavy atom. The number of benzene rings is 2. The maximum Gasteiger partial charge on any atom is 0.335 e. The maximum atomic E-state index is 12.2. The fraction of sp³-hybridized carbons (Fsp3) is 0.263. The largest absolute Gasteiger partial charge is 0.493 e. The van der Waals surface area contributed by atoms with Crippen LogP contribution in [-0.4, -0.2) is 30.7 Å². The number of rotatable bonds is 8. The minimum absolute atomic E-state index is 0.0234. The van der Waals surface area contributed by atoms with Crippen LogP contribution < -0.4 is 14.8 Å². The van der Waals surface area contributed by atoms with Crippen LogP contribution in [0.2, 0.25) is 5.02 Å². The molecule has 2 aromatic rings. The van der Waals surface area contributed by atoms with E-state index in [0.29, 0.717) is 28.7 Å². The molecule has 7 heteroatoms. The van der Waals surface area contributed by atoms with Crippen molar-refractivity contribution in [1.82, 2.24) is 5.32 Å². The minimum Gasteiger partial charge on any atom is -0.493 e. The lowest BCUT2D eigenvalue weighted by molar-refractivity contribution is -0.120. The highest BCUT2D eigenvalue weighted by Crippen LogP contribution is 2.36. The second kappa shape index (κ2) is 9.10. The third kappa shape index (κ3) is 4.89. The van der Waals surface area contributed by atoms with Crippen LogP contribution >= 0.6 is 11.6 Å². The Morgan fingerprint density at radius 1 is 1.23 bits per heavy atom. The molecule has 0 fully saturated rings. The molecular formula is C19H20ClNO5. The fourth-order valence-corrected chi connectivity index (χ4v) is 2.77. The molecule has 0 aromatic heterocycles. The van der Waals surface area contributed by atoms with Gasteiger partial charge in [-0.1, -0.05) is 29.8 Å². The third-order valence-electron chi connectivity index (χ3n) is 3.67. The lowest BCUT2D eigenvalue weighted by atomic mass is 10.0. The predicted octanol–water partition coefficient (Wildman–Crippen LogP) is 3.30. The quantitative estimate of drug-likeness (QED) is 0.737. The van der Waals surface area contributed by atoms with Crippen molar-refractivity contribution in [3.8, 4) is 11.5 Å². The van der Waals surface area contributed by atoms with Gasteiger partial charge in [0.15, 0.2) is 11.5 Å². The molecular weight excluding hydrogens is 358 g/mol. The van der Waals surface area contributed by atoms with Gasteiger partial charge in [-0.05, 0) is 36.2 Å². The van der Waals surface area contributed by atoms with Crippen molar-refractivity contribution >= 4 is 23.5 Å². The summed E-state index contributed by atoms with van der Waals surface area (Å²) in [6, 6.07) is 9.86. The number of methoxy groups -OCH3 is 1. The van der Waals surface area contributed by atoms with Crippen molar-refractivity contribution in [2.45, 2.75) is 19.9 Å². The predicted molar refractivity (Wildman–Crippen MR) is 98.1 cm³/mol. The van der Waals surface area contributed by atoms with Crippen LogP contribution in [0.4, 0.5) is 0 Å². The number of halogens is 1. The van der Waals surface area contributed by atoms with E-state index in [2.05, 4.69) is 5.32 Å². The average Bonchev–Trinajstić information content (AvgIpc) is 2.62. The van der Waals surface area contributed by atoms with Crippen molar-refractivity contribution in [2.75, 3.05) is 13.7 Å². The van der Waals surface area contributed by atoms with Gasteiger partial charge in [0, 0.05) is 6.54 Å². The zero-order valence-electron chi connectivity index (χ0n) is 14.5. The van der Waals surface area contributed by atoms with Crippen molar-refractivity contribution in [3.05, 3.63) is 58.1 Å². The molecule has 0 aliphatic heterocycles. The summed E-state index contributed by atoms with van der Waals surface area (Å²) in [5.41, 5.74) is 1.32. The van der Waals surface area contributed by atoms with E-state index in [1.54, 1.807) is 30.3 Å². The van der Waals surface area contributed by atoms with Crippen molar-refractivity contribution in [2.24, 2.45) is 0 Å². The number of aromatic carboxylic acids is 1. The molecule has 0 saturated heterocycles. The number of hydrogen-bond acceptors (Lipinski definition) is 4. The highest BCUT2D eigenvalue weighted by Gasteiger charge is 2.14. The first kappa shape index (κ1) is 19.6. The fourth-order valence-electron chi connectivity index (χ4n) is 2.48. The van der Waals surface area contributed by atoms with Crippen LogP contribution in [0.3, 0.4) is 0 Å². The Balaban J connectivity index is 2.06. The zero-order valence-corrected chi connectivity index (χ0v) is 15.3. The number of ether oxygens (including phenoxy) is 2. The monoisotopic (exact) mass is 377 g/mol. The van der Waals surface area contributed by atoms with Crippen LogP contribution in [0.15, 0.2) is 36.4 Å². The summed E-state index contributed by atoms with van der Waals surface area (Å²) in [4.78, 5) is 23.4. The van der Waals surface area contributed by atoms with Crippen LogP contribution in [0.1, 0.15) is 28.4 Å². The SMILES string of the molecule is CCOc1c(Cl)cc(CNC(=O)Cc2ccccc2C(=O)O)cc1OC. The molecule has 0 aliphatic rings. The molecule has 0 radical (unpaired) electrons. The number of carbonyl (C=O) groups excluding carboxylic acids is 1. The van der Waals surface area contributed by atoms with E-state index in [1.807, 2.05) is 6.92 Å². The minimum atomic E-state index is -1.06. The van der Waals surface area contributed by atoms with E-state index < -0.39 is 5.97 Å². The summed E-state index contributed by atoms with van der Waals surface area (Å²) in [7, 11) is 1.51. The highest BCUT2D eigenvalue weighted by atomic mass is 35.5. The highest BCUT2D eigenvalue weighted by molar-refractivity contribution is 6.32. The van der Waals surface area contributed by atoms with Crippen molar-refractivity contribution < 1.29 is 24.2 Å². The lowest BCUT2D eigenvalue weighted by Gasteiger charge is -2.14. The third-order valence-corrected chi connectivity index (χ3v) is 3.95. The van der Waals surface area contributed by atoms with Crippen LogP contribution in [0, 0.1) is 0 Å². The normalized spacial score (nSPS) is 10.3. The zero-order chi connectivity index (χ0) is 19.1. The molecule has 2 aromatic carbocycles. The first-order chi connectivity index (χ1) is 12.5. The second-order valence-corrected chi connectivity index (χ2v) is 5.87. The van der Waals surface area contributed by atoms with Gasteiger partial charge in [-0.2, -0.15) is 0 Å².